The third-order valence-corrected chi connectivity index (χ3v) is 1.42. The van der Waals surface area contributed by atoms with Crippen molar-refractivity contribution < 1.29 is 14.4 Å². The summed E-state index contributed by atoms with van der Waals surface area (Å²) in [7, 11) is 0. The van der Waals surface area contributed by atoms with Crippen molar-refractivity contribution in [1.29, 1.82) is 0 Å². The third kappa shape index (κ3) is 210. The molecule has 0 aromatic carbocycles. The van der Waals surface area contributed by atoms with Crippen LogP contribution in [-0.2, 0) is 14.4 Å². The molecule has 0 heterocycles. The number of carbonyl (C=O) groups excluding carboxylic acids is 3. The Hall–Kier alpha value is 0.159. The minimum absolute atomic E-state index is 0.421. The number of hydrogen-bond acceptors (Lipinski definition) is 7. The van der Waals surface area contributed by atoms with Gasteiger partial charge in [0.2, 0.25) is 15.7 Å². The van der Waals surface area contributed by atoms with Crippen molar-refractivity contribution in [1.82, 2.24) is 0 Å². The molecule has 3 radical (unpaired) electrons. The van der Waals surface area contributed by atoms with E-state index in [1.807, 2.05) is 6.92 Å². The van der Waals surface area contributed by atoms with E-state index in [4.69, 9.17) is 20.1 Å². The van der Waals surface area contributed by atoms with Gasteiger partial charge in [0, 0.05) is 36.7 Å². The molecule has 0 bridgehead atoms. The van der Waals surface area contributed by atoms with Crippen molar-refractivity contribution in [3.63, 3.8) is 0 Å². The Morgan fingerprint density at radius 2 is 1.33 bits per heavy atom. The first-order valence-electron chi connectivity index (χ1n) is 3.40. The standard InChI is InChI=1S/C4H10N.3COS.Sn/c1-3-4(2)5;3*2-1-3;/h4H,1,3,5H2,2H3;;;;. The Kier molecular flexibility index (Phi) is 59.9. The predicted molar refractivity (Wildman–Crippen MR) is 68.7 cm³/mol. The third-order valence-electron chi connectivity index (χ3n) is 0.600. The van der Waals surface area contributed by atoms with Crippen molar-refractivity contribution in [3.8, 4) is 0 Å². The molecule has 0 spiro atoms. The van der Waals surface area contributed by atoms with Crippen LogP contribution in [0.5, 0.6) is 0 Å². The Bertz CT molecular complexity index is 177. The SMILES string of the molecule is CC(N)C[CH2][Sn].O=C=S.O=C=S.O=C=S. The van der Waals surface area contributed by atoms with Crippen molar-refractivity contribution in [2.24, 2.45) is 5.73 Å². The van der Waals surface area contributed by atoms with E-state index in [1.54, 1.807) is 22.5 Å². The van der Waals surface area contributed by atoms with Gasteiger partial charge in [-0.05, 0) is 0 Å². The van der Waals surface area contributed by atoms with E-state index in [9.17, 15) is 0 Å². The fourth-order valence-electron chi connectivity index (χ4n) is 0.228. The summed E-state index contributed by atoms with van der Waals surface area (Å²) < 4.78 is 1.30. The number of nitrogens with two attached hydrogens (primary N) is 1. The van der Waals surface area contributed by atoms with Crippen LogP contribution in [0.15, 0.2) is 0 Å². The quantitative estimate of drug-likeness (QED) is 0.575. The van der Waals surface area contributed by atoms with Crippen LogP contribution in [0, 0.1) is 0 Å². The molecule has 0 rings (SSSR count). The summed E-state index contributed by atoms with van der Waals surface area (Å²) in [6.45, 7) is 2.05. The summed E-state index contributed by atoms with van der Waals surface area (Å²) in [4.78, 5) is 25.5. The van der Waals surface area contributed by atoms with Gasteiger partial charge >= 0.3 is 52.1 Å². The molecule has 4 nitrogen and oxygen atoms in total. The van der Waals surface area contributed by atoms with Gasteiger partial charge in [0.1, 0.15) is 0 Å². The van der Waals surface area contributed by atoms with Crippen LogP contribution in [0.1, 0.15) is 13.3 Å². The first kappa shape index (κ1) is 24.4. The van der Waals surface area contributed by atoms with Gasteiger partial charge in [0.25, 0.3) is 0 Å². The Balaban J connectivity index is -0.0000000581. The van der Waals surface area contributed by atoms with Gasteiger partial charge in [0.15, 0.2) is 0 Å². The second-order valence-corrected chi connectivity index (χ2v) is 3.69. The Morgan fingerprint density at radius 1 is 1.13 bits per heavy atom. The first-order valence-corrected chi connectivity index (χ1v) is 6.64. The topological polar surface area (TPSA) is 77.2 Å². The average Bonchev–Trinajstić information content (AvgIpc) is 2.07. The van der Waals surface area contributed by atoms with Crippen LogP contribution in [-0.4, -0.2) is 44.3 Å². The largest absolute Gasteiger partial charge is 0.220 e. The summed E-state index contributed by atoms with van der Waals surface area (Å²) >= 11 is 12.4. The number of hydrogen-bond donors (Lipinski definition) is 1. The van der Waals surface area contributed by atoms with E-state index in [0.717, 1.165) is 15.7 Å². The summed E-state index contributed by atoms with van der Waals surface area (Å²) in [5.74, 6) is 0. The van der Waals surface area contributed by atoms with E-state index in [-0.39, 0.29) is 0 Å². The van der Waals surface area contributed by atoms with Crippen molar-refractivity contribution in [3.05, 3.63) is 0 Å². The van der Waals surface area contributed by atoms with Gasteiger partial charge in [-0.15, -0.1) is 0 Å². The second kappa shape index (κ2) is 36.8. The molecule has 0 aliphatic heterocycles. The number of rotatable bonds is 2. The molecule has 0 aliphatic carbocycles. The molecular formula is C7H10NO3S3Sn. The zero-order valence-corrected chi connectivity index (χ0v) is 13.3. The molecule has 0 saturated heterocycles. The van der Waals surface area contributed by atoms with Crippen LogP contribution in [0.4, 0.5) is 0 Å². The van der Waals surface area contributed by atoms with Crippen LogP contribution in [0.3, 0.4) is 0 Å². The summed E-state index contributed by atoms with van der Waals surface area (Å²) in [6, 6.07) is 0.421. The van der Waals surface area contributed by atoms with Gasteiger partial charge in [-0.3, -0.25) is 0 Å². The molecule has 8 heteroatoms. The Labute approximate surface area is 118 Å². The fraction of sp³-hybridized carbons (Fsp3) is 0.571. The van der Waals surface area contributed by atoms with Gasteiger partial charge in [0.05, 0.1) is 0 Å². The van der Waals surface area contributed by atoms with E-state index >= 15 is 0 Å². The predicted octanol–water partition coefficient (Wildman–Crippen LogP) is 1.06. The molecule has 0 aromatic rings. The van der Waals surface area contributed by atoms with Gasteiger partial charge in [-0.25, -0.2) is 14.4 Å². The second-order valence-electron chi connectivity index (χ2n) is 1.77. The molecule has 83 valence electrons. The summed E-state index contributed by atoms with van der Waals surface area (Å²) in [5.41, 5.74) is 5.42. The molecule has 0 amide bonds. The van der Waals surface area contributed by atoms with Gasteiger partial charge in [-0.1, -0.05) is 0 Å². The van der Waals surface area contributed by atoms with Crippen LogP contribution in [0.25, 0.3) is 0 Å². The van der Waals surface area contributed by atoms with Crippen molar-refractivity contribution >= 4 is 74.9 Å². The molecule has 1 atom stereocenters. The zero-order chi connectivity index (χ0) is 13.1. The van der Waals surface area contributed by atoms with E-state index in [0.29, 0.717) is 6.04 Å². The molecular weight excluding hydrogens is 361 g/mol. The molecule has 0 aliphatic rings. The van der Waals surface area contributed by atoms with Crippen LogP contribution in [0.2, 0.25) is 4.44 Å². The van der Waals surface area contributed by atoms with Crippen LogP contribution >= 0.6 is 36.7 Å². The monoisotopic (exact) mass is 372 g/mol. The molecule has 2 N–H and O–H groups in total. The maximum atomic E-state index is 8.50. The Morgan fingerprint density at radius 3 is 1.33 bits per heavy atom. The van der Waals surface area contributed by atoms with Gasteiger partial charge < -0.3 is 0 Å². The fourth-order valence-corrected chi connectivity index (χ4v) is 1.53. The smallest absolute Gasteiger partial charge is 0.202 e. The minimum Gasteiger partial charge on any atom is -0.220 e. The minimum atomic E-state index is 0.421. The zero-order valence-electron chi connectivity index (χ0n) is 8.02. The van der Waals surface area contributed by atoms with E-state index in [1.165, 1.54) is 10.9 Å². The molecule has 0 aromatic heterocycles. The first-order chi connectivity index (χ1) is 7.01. The normalized spacial score (nSPS) is 7.40. The number of thiocarbonyl (C=S) groups is 3. The molecule has 15 heavy (non-hydrogen) atoms. The maximum absolute atomic E-state index is 8.50. The van der Waals surface area contributed by atoms with E-state index < -0.39 is 0 Å². The summed E-state index contributed by atoms with van der Waals surface area (Å²) in [5, 5.41) is 3.25. The molecule has 1 unspecified atom stereocenters. The van der Waals surface area contributed by atoms with Crippen molar-refractivity contribution in [2.45, 2.75) is 23.8 Å². The van der Waals surface area contributed by atoms with E-state index in [2.05, 4.69) is 36.7 Å². The van der Waals surface area contributed by atoms with Crippen LogP contribution < -0.4 is 5.73 Å². The average molecular weight is 371 g/mol. The summed E-state index contributed by atoms with van der Waals surface area (Å²) in [6.07, 6.45) is 1.19. The maximum Gasteiger partial charge on any atom is 0.202 e. The van der Waals surface area contributed by atoms with Gasteiger partial charge in [-0.2, -0.15) is 0 Å². The molecule has 0 saturated carbocycles. The molecule has 0 fully saturated rings. The van der Waals surface area contributed by atoms with Crippen molar-refractivity contribution in [2.75, 3.05) is 0 Å².